The number of rotatable bonds is 4. The fourth-order valence-corrected chi connectivity index (χ4v) is 3.36. The third-order valence-electron chi connectivity index (χ3n) is 5.06. The van der Waals surface area contributed by atoms with Gasteiger partial charge in [-0.05, 0) is 43.2 Å². The van der Waals surface area contributed by atoms with E-state index >= 15 is 0 Å². The van der Waals surface area contributed by atoms with Gasteiger partial charge in [0.05, 0.1) is 18.7 Å². The molecule has 1 atom stereocenters. The summed E-state index contributed by atoms with van der Waals surface area (Å²) in [7, 11) is 1.60. The first-order chi connectivity index (χ1) is 13.1. The zero-order valence-electron chi connectivity index (χ0n) is 15.6. The maximum absolute atomic E-state index is 12.6. The van der Waals surface area contributed by atoms with Gasteiger partial charge in [-0.3, -0.25) is 4.79 Å². The highest BCUT2D eigenvalue weighted by Gasteiger charge is 2.36. The highest BCUT2D eigenvalue weighted by Crippen LogP contribution is 2.36. The lowest BCUT2D eigenvalue weighted by molar-refractivity contribution is -0.117. The third kappa shape index (κ3) is 3.18. The van der Waals surface area contributed by atoms with Crippen LogP contribution in [0.15, 0.2) is 47.0 Å². The Morgan fingerprint density at radius 2 is 1.96 bits per heavy atom. The van der Waals surface area contributed by atoms with Crippen LogP contribution in [-0.4, -0.2) is 29.7 Å². The van der Waals surface area contributed by atoms with E-state index in [0.29, 0.717) is 30.4 Å². The Bertz CT molecular complexity index is 996. The first-order valence-corrected chi connectivity index (χ1v) is 8.91. The fraction of sp³-hybridized carbons (Fsp3) is 0.286. The van der Waals surface area contributed by atoms with Crippen LogP contribution in [0.3, 0.4) is 0 Å². The molecule has 138 valence electrons. The highest BCUT2D eigenvalue weighted by molar-refractivity contribution is 5.97. The molecule has 27 heavy (non-hydrogen) atoms. The molecule has 0 saturated carbocycles. The zero-order valence-corrected chi connectivity index (χ0v) is 15.6. The number of hydrogen-bond donors (Lipinski definition) is 0. The molecule has 1 aromatic heterocycles. The van der Waals surface area contributed by atoms with Crippen molar-refractivity contribution in [1.82, 2.24) is 10.1 Å². The van der Waals surface area contributed by atoms with Gasteiger partial charge in [0.2, 0.25) is 17.6 Å². The number of carbonyl (C=O) groups excluding carboxylic acids is 1. The second-order valence-electron chi connectivity index (χ2n) is 6.83. The maximum atomic E-state index is 12.6. The molecule has 2 heterocycles. The Morgan fingerprint density at radius 1 is 1.15 bits per heavy atom. The van der Waals surface area contributed by atoms with Gasteiger partial charge in [0.1, 0.15) is 5.75 Å². The SMILES string of the molecule is COc1ccccc1N1CC(c2nc(-c3ccc(C)c(C)c3)no2)CC1=O. The number of anilines is 1. The van der Waals surface area contributed by atoms with E-state index in [1.165, 1.54) is 11.1 Å². The predicted molar refractivity (Wildman–Crippen MR) is 102 cm³/mol. The lowest BCUT2D eigenvalue weighted by Gasteiger charge is -2.18. The van der Waals surface area contributed by atoms with Crippen molar-refractivity contribution in [3.63, 3.8) is 0 Å². The van der Waals surface area contributed by atoms with Crippen LogP contribution in [0, 0.1) is 13.8 Å². The van der Waals surface area contributed by atoms with Crippen LogP contribution in [0.1, 0.15) is 29.4 Å². The molecule has 1 aliphatic rings. The smallest absolute Gasteiger partial charge is 0.232 e. The largest absolute Gasteiger partial charge is 0.495 e. The first-order valence-electron chi connectivity index (χ1n) is 8.91. The molecule has 0 spiro atoms. The summed E-state index contributed by atoms with van der Waals surface area (Å²) < 4.78 is 10.9. The number of aryl methyl sites for hydroxylation is 2. The summed E-state index contributed by atoms with van der Waals surface area (Å²) in [6.45, 7) is 4.62. The summed E-state index contributed by atoms with van der Waals surface area (Å²) in [5.74, 6) is 1.61. The molecule has 1 saturated heterocycles. The number of amides is 1. The average Bonchev–Trinajstić information content (AvgIpc) is 3.31. The number of para-hydroxylation sites is 2. The molecule has 0 N–H and O–H groups in total. The molecule has 0 aliphatic carbocycles. The van der Waals surface area contributed by atoms with Gasteiger partial charge in [-0.2, -0.15) is 4.98 Å². The van der Waals surface area contributed by atoms with Gasteiger partial charge in [-0.15, -0.1) is 0 Å². The van der Waals surface area contributed by atoms with E-state index in [4.69, 9.17) is 9.26 Å². The predicted octanol–water partition coefficient (Wildman–Crippen LogP) is 3.88. The van der Waals surface area contributed by atoms with E-state index in [1.807, 2.05) is 42.5 Å². The monoisotopic (exact) mass is 363 g/mol. The molecule has 1 fully saturated rings. The molecule has 0 bridgehead atoms. The van der Waals surface area contributed by atoms with E-state index in [1.54, 1.807) is 12.0 Å². The summed E-state index contributed by atoms with van der Waals surface area (Å²) in [6.07, 6.45) is 0.340. The Kier molecular flexibility index (Phi) is 4.39. The van der Waals surface area contributed by atoms with Crippen molar-refractivity contribution in [3.05, 3.63) is 59.5 Å². The topological polar surface area (TPSA) is 68.5 Å². The van der Waals surface area contributed by atoms with Crippen molar-refractivity contribution in [2.24, 2.45) is 0 Å². The van der Waals surface area contributed by atoms with Crippen LogP contribution in [-0.2, 0) is 4.79 Å². The molecular weight excluding hydrogens is 342 g/mol. The van der Waals surface area contributed by atoms with E-state index in [2.05, 4.69) is 24.0 Å². The maximum Gasteiger partial charge on any atom is 0.232 e. The molecule has 1 aliphatic heterocycles. The first kappa shape index (κ1) is 17.3. The number of nitrogens with zero attached hydrogens (tertiary/aromatic N) is 3. The van der Waals surface area contributed by atoms with E-state index < -0.39 is 0 Å². The summed E-state index contributed by atoms with van der Waals surface area (Å²) in [6, 6.07) is 13.6. The minimum atomic E-state index is -0.129. The van der Waals surface area contributed by atoms with Crippen molar-refractivity contribution in [2.75, 3.05) is 18.6 Å². The van der Waals surface area contributed by atoms with Crippen molar-refractivity contribution >= 4 is 11.6 Å². The highest BCUT2D eigenvalue weighted by atomic mass is 16.5. The molecular formula is C21H21N3O3. The Labute approximate surface area is 157 Å². The van der Waals surface area contributed by atoms with Gasteiger partial charge in [0.15, 0.2) is 0 Å². The number of benzene rings is 2. The number of carbonyl (C=O) groups is 1. The number of ether oxygens (including phenoxy) is 1. The van der Waals surface area contributed by atoms with Crippen LogP contribution < -0.4 is 9.64 Å². The minimum absolute atomic E-state index is 0.0235. The lowest BCUT2D eigenvalue weighted by Crippen LogP contribution is -2.24. The number of methoxy groups -OCH3 is 1. The summed E-state index contributed by atoms with van der Waals surface area (Å²) in [5.41, 5.74) is 4.08. The standard InChI is InChI=1S/C21H21N3O3/c1-13-8-9-15(10-14(13)2)20-22-21(27-23-20)16-11-19(25)24(12-16)17-6-4-5-7-18(17)26-3/h4-10,16H,11-12H2,1-3H3. The molecule has 2 aromatic carbocycles. The summed E-state index contributed by atoms with van der Waals surface area (Å²) >= 11 is 0. The van der Waals surface area contributed by atoms with Gasteiger partial charge < -0.3 is 14.2 Å². The minimum Gasteiger partial charge on any atom is -0.495 e. The average molecular weight is 363 g/mol. The van der Waals surface area contributed by atoms with Crippen LogP contribution in [0.2, 0.25) is 0 Å². The Balaban J connectivity index is 1.58. The van der Waals surface area contributed by atoms with Crippen LogP contribution >= 0.6 is 0 Å². The normalized spacial score (nSPS) is 16.8. The molecule has 1 unspecified atom stereocenters. The molecule has 4 rings (SSSR count). The van der Waals surface area contributed by atoms with E-state index in [9.17, 15) is 4.79 Å². The van der Waals surface area contributed by atoms with Crippen molar-refractivity contribution in [1.29, 1.82) is 0 Å². The van der Waals surface area contributed by atoms with Gasteiger partial charge in [0.25, 0.3) is 0 Å². The summed E-state index contributed by atoms with van der Waals surface area (Å²) in [4.78, 5) is 18.8. The van der Waals surface area contributed by atoms with E-state index in [-0.39, 0.29) is 11.8 Å². The summed E-state index contributed by atoms with van der Waals surface area (Å²) in [5, 5.41) is 4.12. The zero-order chi connectivity index (χ0) is 19.0. The second-order valence-corrected chi connectivity index (χ2v) is 6.83. The number of aromatic nitrogens is 2. The van der Waals surface area contributed by atoms with Gasteiger partial charge in [-0.1, -0.05) is 29.4 Å². The van der Waals surface area contributed by atoms with Crippen molar-refractivity contribution in [3.8, 4) is 17.1 Å². The third-order valence-corrected chi connectivity index (χ3v) is 5.06. The molecule has 0 radical (unpaired) electrons. The second kappa shape index (κ2) is 6.87. The number of hydrogen-bond acceptors (Lipinski definition) is 5. The van der Waals surface area contributed by atoms with Gasteiger partial charge in [0, 0.05) is 18.5 Å². The van der Waals surface area contributed by atoms with Crippen molar-refractivity contribution < 1.29 is 14.1 Å². The van der Waals surface area contributed by atoms with Crippen LogP contribution in [0.4, 0.5) is 5.69 Å². The Hall–Kier alpha value is -3.15. The quantitative estimate of drug-likeness (QED) is 0.703. The van der Waals surface area contributed by atoms with Crippen molar-refractivity contribution in [2.45, 2.75) is 26.2 Å². The van der Waals surface area contributed by atoms with Crippen LogP contribution in [0.25, 0.3) is 11.4 Å². The van der Waals surface area contributed by atoms with Gasteiger partial charge in [-0.25, -0.2) is 0 Å². The van der Waals surface area contributed by atoms with E-state index in [0.717, 1.165) is 11.3 Å². The molecule has 3 aromatic rings. The fourth-order valence-electron chi connectivity index (χ4n) is 3.36. The van der Waals surface area contributed by atoms with Crippen LogP contribution in [0.5, 0.6) is 5.75 Å². The molecule has 6 nitrogen and oxygen atoms in total. The molecule has 1 amide bonds. The Morgan fingerprint density at radius 3 is 2.74 bits per heavy atom. The molecule has 6 heteroatoms. The lowest BCUT2D eigenvalue weighted by atomic mass is 10.1. The van der Waals surface area contributed by atoms with Gasteiger partial charge >= 0.3 is 0 Å².